The molecule has 0 bridgehead atoms. The molecule has 1 N–H and O–H groups in total. The predicted octanol–water partition coefficient (Wildman–Crippen LogP) is 6.11. The maximum Gasteiger partial charge on any atom is 0.303 e. The number of carboxylic acid groups (broad SMARTS) is 1. The number of unbranched alkanes of at least 4 members (excludes halogenated alkanes) is 2. The standard InChI is InChI=1S/C20H22Br2O2/c21-18-14-10-8-6-4-2-1-3-5-7-9-11-15-19(22)16-12-13-17-20(23)24/h3-6,14,16,18H,1-2,11-13,15,17H2,(H,23,24). The number of hydrogen-bond acceptors (Lipinski definition) is 1. The summed E-state index contributed by atoms with van der Waals surface area (Å²) in [4.78, 5) is 12.1. The molecule has 24 heavy (non-hydrogen) atoms. The van der Waals surface area contributed by atoms with Gasteiger partial charge in [0.1, 0.15) is 0 Å². The van der Waals surface area contributed by atoms with Gasteiger partial charge < -0.3 is 5.11 Å². The van der Waals surface area contributed by atoms with Gasteiger partial charge in [-0.3, -0.25) is 4.79 Å². The maximum absolute atomic E-state index is 10.4. The van der Waals surface area contributed by atoms with Crippen molar-refractivity contribution in [1.82, 2.24) is 0 Å². The van der Waals surface area contributed by atoms with E-state index >= 15 is 0 Å². The van der Waals surface area contributed by atoms with Crippen molar-refractivity contribution in [1.29, 1.82) is 0 Å². The zero-order chi connectivity index (χ0) is 17.9. The quantitative estimate of drug-likeness (QED) is 0.337. The van der Waals surface area contributed by atoms with Gasteiger partial charge in [-0.05, 0) is 59.8 Å². The monoisotopic (exact) mass is 452 g/mol. The van der Waals surface area contributed by atoms with Crippen LogP contribution >= 0.6 is 31.9 Å². The molecule has 0 aromatic heterocycles. The smallest absolute Gasteiger partial charge is 0.303 e. The lowest BCUT2D eigenvalue weighted by Crippen LogP contribution is -1.92. The number of halogens is 2. The van der Waals surface area contributed by atoms with Gasteiger partial charge in [0, 0.05) is 12.8 Å². The van der Waals surface area contributed by atoms with Crippen LogP contribution in [-0.2, 0) is 4.79 Å². The van der Waals surface area contributed by atoms with Gasteiger partial charge in [0.2, 0.25) is 0 Å². The Morgan fingerprint density at radius 2 is 1.62 bits per heavy atom. The van der Waals surface area contributed by atoms with Gasteiger partial charge in [-0.25, -0.2) is 0 Å². The summed E-state index contributed by atoms with van der Waals surface area (Å²) in [5.41, 5.74) is 0. The second-order valence-corrected chi connectivity index (χ2v) is 6.27. The van der Waals surface area contributed by atoms with Crippen LogP contribution in [0.4, 0.5) is 0 Å². The fourth-order valence-corrected chi connectivity index (χ4v) is 2.09. The fourth-order valence-electron chi connectivity index (χ4n) is 1.53. The fraction of sp³-hybridized carbons (Fsp3) is 0.350. The van der Waals surface area contributed by atoms with Gasteiger partial charge in [0.05, 0.1) is 0 Å². The Labute approximate surface area is 162 Å². The van der Waals surface area contributed by atoms with E-state index in [1.807, 2.05) is 24.3 Å². The Hall–Kier alpha value is -1.49. The average Bonchev–Trinajstić information content (AvgIpc) is 2.55. The summed E-state index contributed by atoms with van der Waals surface area (Å²) in [5, 5.41) is 8.54. The summed E-state index contributed by atoms with van der Waals surface area (Å²) in [7, 11) is 0. The Bertz CT molecular complexity index is 591. The van der Waals surface area contributed by atoms with E-state index in [0.29, 0.717) is 6.42 Å². The van der Waals surface area contributed by atoms with Crippen LogP contribution in [0.3, 0.4) is 0 Å². The van der Waals surface area contributed by atoms with Crippen molar-refractivity contribution in [2.45, 2.75) is 44.9 Å². The first-order valence-electron chi connectivity index (χ1n) is 7.78. The summed E-state index contributed by atoms with van der Waals surface area (Å²) in [6, 6.07) is 0. The maximum atomic E-state index is 10.4. The molecule has 0 aromatic rings. The van der Waals surface area contributed by atoms with Crippen LogP contribution in [0, 0.1) is 23.7 Å². The molecule has 0 saturated heterocycles. The van der Waals surface area contributed by atoms with Gasteiger partial charge in [0.15, 0.2) is 0 Å². The van der Waals surface area contributed by atoms with Crippen molar-refractivity contribution in [3.63, 3.8) is 0 Å². The molecule has 0 aliphatic carbocycles. The first kappa shape index (κ1) is 22.5. The van der Waals surface area contributed by atoms with E-state index in [-0.39, 0.29) is 6.42 Å². The van der Waals surface area contributed by atoms with E-state index in [4.69, 9.17) is 5.11 Å². The molecule has 0 atom stereocenters. The van der Waals surface area contributed by atoms with Crippen molar-refractivity contribution >= 4 is 37.8 Å². The molecule has 0 saturated carbocycles. The number of allylic oxidation sites excluding steroid dienone is 7. The Balaban J connectivity index is 3.74. The Morgan fingerprint density at radius 1 is 0.958 bits per heavy atom. The zero-order valence-corrected chi connectivity index (χ0v) is 16.8. The van der Waals surface area contributed by atoms with Gasteiger partial charge in [-0.15, -0.1) is 0 Å². The number of carboxylic acids is 1. The van der Waals surface area contributed by atoms with Gasteiger partial charge >= 0.3 is 5.97 Å². The Morgan fingerprint density at radius 3 is 2.29 bits per heavy atom. The molecule has 0 radical (unpaired) electrons. The Kier molecular flexibility index (Phi) is 16.7. The predicted molar refractivity (Wildman–Crippen MR) is 109 cm³/mol. The van der Waals surface area contributed by atoms with Gasteiger partial charge in [0.25, 0.3) is 0 Å². The molecule has 0 aliphatic rings. The first-order valence-corrected chi connectivity index (χ1v) is 9.48. The highest BCUT2D eigenvalue weighted by molar-refractivity contribution is 9.11. The lowest BCUT2D eigenvalue weighted by atomic mass is 10.2. The molecular weight excluding hydrogens is 432 g/mol. The van der Waals surface area contributed by atoms with E-state index in [1.165, 1.54) is 0 Å². The minimum Gasteiger partial charge on any atom is -0.481 e. The number of aliphatic carboxylic acids is 1. The van der Waals surface area contributed by atoms with Crippen LogP contribution in [0.5, 0.6) is 0 Å². The minimum atomic E-state index is -0.743. The topological polar surface area (TPSA) is 37.3 Å². The SMILES string of the molecule is O=C(O)CCCC=C(Br)CCC#CC=CCCC=CC#CC=CBr. The third-order valence-electron chi connectivity index (χ3n) is 2.68. The van der Waals surface area contributed by atoms with Crippen LogP contribution in [0.2, 0.25) is 0 Å². The van der Waals surface area contributed by atoms with Crippen LogP contribution in [-0.4, -0.2) is 11.1 Å². The van der Waals surface area contributed by atoms with Crippen molar-refractivity contribution in [3.8, 4) is 23.7 Å². The summed E-state index contributed by atoms with van der Waals surface area (Å²) in [5.74, 6) is 11.1. The highest BCUT2D eigenvalue weighted by Gasteiger charge is 1.95. The summed E-state index contributed by atoms with van der Waals surface area (Å²) < 4.78 is 1.09. The molecule has 4 heteroatoms. The van der Waals surface area contributed by atoms with Crippen molar-refractivity contribution in [2.75, 3.05) is 0 Å². The third-order valence-corrected chi connectivity index (χ3v) is 3.67. The molecule has 0 amide bonds. The highest BCUT2D eigenvalue weighted by atomic mass is 79.9. The average molecular weight is 454 g/mol. The minimum absolute atomic E-state index is 0.219. The molecule has 0 aliphatic heterocycles. The molecule has 0 rings (SSSR count). The molecule has 0 heterocycles. The van der Waals surface area contributed by atoms with E-state index < -0.39 is 5.97 Å². The summed E-state index contributed by atoms with van der Waals surface area (Å²) in [6.07, 6.45) is 16.8. The second-order valence-electron chi connectivity index (χ2n) is 4.72. The number of carbonyl (C=O) groups is 1. The largest absolute Gasteiger partial charge is 0.481 e. The molecule has 128 valence electrons. The normalized spacial score (nSPS) is 11.5. The van der Waals surface area contributed by atoms with E-state index in [0.717, 1.165) is 36.6 Å². The van der Waals surface area contributed by atoms with Crippen molar-refractivity contribution in [3.05, 3.63) is 45.9 Å². The molecule has 2 nitrogen and oxygen atoms in total. The van der Waals surface area contributed by atoms with Crippen LogP contribution < -0.4 is 0 Å². The van der Waals surface area contributed by atoms with Gasteiger partial charge in [-0.2, -0.15) is 0 Å². The molecule has 0 aromatic carbocycles. The van der Waals surface area contributed by atoms with E-state index in [1.54, 1.807) is 11.1 Å². The van der Waals surface area contributed by atoms with Crippen LogP contribution in [0.1, 0.15) is 44.9 Å². The zero-order valence-electron chi connectivity index (χ0n) is 13.6. The molecule has 0 spiro atoms. The van der Waals surface area contributed by atoms with Crippen molar-refractivity contribution < 1.29 is 9.90 Å². The van der Waals surface area contributed by atoms with Crippen LogP contribution in [0.25, 0.3) is 0 Å². The van der Waals surface area contributed by atoms with E-state index in [2.05, 4.69) is 61.6 Å². The molecular formula is C20H22Br2O2. The lowest BCUT2D eigenvalue weighted by Gasteiger charge is -1.95. The second kappa shape index (κ2) is 17.9. The van der Waals surface area contributed by atoms with E-state index in [9.17, 15) is 4.79 Å². The number of hydrogen-bond donors (Lipinski definition) is 1. The molecule has 0 unspecified atom stereocenters. The van der Waals surface area contributed by atoms with Gasteiger partial charge in [-0.1, -0.05) is 73.8 Å². The van der Waals surface area contributed by atoms with Crippen LogP contribution in [0.15, 0.2) is 45.9 Å². The highest BCUT2D eigenvalue weighted by Crippen LogP contribution is 2.14. The summed E-state index contributed by atoms with van der Waals surface area (Å²) >= 11 is 6.63. The lowest BCUT2D eigenvalue weighted by molar-refractivity contribution is -0.137. The number of rotatable bonds is 9. The van der Waals surface area contributed by atoms with Crippen molar-refractivity contribution in [2.24, 2.45) is 0 Å². The summed E-state index contributed by atoms with van der Waals surface area (Å²) in [6.45, 7) is 0. The molecule has 0 fully saturated rings. The third kappa shape index (κ3) is 18.6. The first-order chi connectivity index (χ1) is 11.7.